The summed E-state index contributed by atoms with van der Waals surface area (Å²) in [6, 6.07) is 9.10. The number of halogens is 3. The molecule has 0 saturated heterocycles. The first kappa shape index (κ1) is 21.6. The standard InChI is InChI=1S/C19H18F3N3O2S/c1-4-27-14-7-5-13(6-8-14)25-17(26)12(3)28-18-15(10-23)16(19(20,21)22)9-11(2)24-18/h5-9,12H,4H2,1-3H3,(H,25,26)/t12-/m0/s1. The molecule has 9 heteroatoms. The third-order valence-corrected chi connectivity index (χ3v) is 4.71. The van der Waals surface area contributed by atoms with Crippen molar-refractivity contribution in [3.05, 3.63) is 47.2 Å². The highest BCUT2D eigenvalue weighted by molar-refractivity contribution is 8.00. The molecule has 1 aromatic carbocycles. The fraction of sp³-hybridized carbons (Fsp3) is 0.316. The van der Waals surface area contributed by atoms with E-state index in [1.165, 1.54) is 13.8 Å². The zero-order valence-electron chi connectivity index (χ0n) is 15.4. The molecule has 2 aromatic rings. The van der Waals surface area contributed by atoms with Crippen LogP contribution in [0, 0.1) is 18.3 Å². The number of carbonyl (C=O) groups is 1. The minimum Gasteiger partial charge on any atom is -0.494 e. The molecule has 0 aliphatic carbocycles. The number of ether oxygens (including phenoxy) is 1. The predicted molar refractivity (Wildman–Crippen MR) is 100 cm³/mol. The van der Waals surface area contributed by atoms with Crippen LogP contribution in [-0.2, 0) is 11.0 Å². The Morgan fingerprint density at radius 1 is 1.36 bits per heavy atom. The number of aromatic nitrogens is 1. The van der Waals surface area contributed by atoms with Crippen LogP contribution in [0.5, 0.6) is 5.75 Å². The van der Waals surface area contributed by atoms with Crippen LogP contribution in [0.1, 0.15) is 30.7 Å². The van der Waals surface area contributed by atoms with Crippen LogP contribution in [0.3, 0.4) is 0 Å². The Labute approximate surface area is 164 Å². The van der Waals surface area contributed by atoms with Gasteiger partial charge in [-0.05, 0) is 51.1 Å². The summed E-state index contributed by atoms with van der Waals surface area (Å²) in [6.07, 6.45) is -4.68. The average Bonchev–Trinajstić information content (AvgIpc) is 2.62. The van der Waals surface area contributed by atoms with Gasteiger partial charge in [-0.25, -0.2) is 4.98 Å². The number of nitriles is 1. The van der Waals surface area contributed by atoms with Gasteiger partial charge in [0.2, 0.25) is 5.91 Å². The van der Waals surface area contributed by atoms with Crippen molar-refractivity contribution < 1.29 is 22.7 Å². The van der Waals surface area contributed by atoms with E-state index in [2.05, 4.69) is 10.3 Å². The van der Waals surface area contributed by atoms with Crippen molar-refractivity contribution in [2.45, 2.75) is 37.2 Å². The van der Waals surface area contributed by atoms with Gasteiger partial charge < -0.3 is 10.1 Å². The number of carbonyl (C=O) groups excluding carboxylic acids is 1. The largest absolute Gasteiger partial charge is 0.494 e. The normalized spacial score (nSPS) is 12.2. The summed E-state index contributed by atoms with van der Waals surface area (Å²) < 4.78 is 44.9. The fourth-order valence-electron chi connectivity index (χ4n) is 2.33. The smallest absolute Gasteiger partial charge is 0.417 e. The van der Waals surface area contributed by atoms with Crippen LogP contribution in [0.4, 0.5) is 18.9 Å². The minimum atomic E-state index is -4.68. The number of rotatable bonds is 6. The number of anilines is 1. The van der Waals surface area contributed by atoms with Gasteiger partial charge >= 0.3 is 6.18 Å². The van der Waals surface area contributed by atoms with Crippen molar-refractivity contribution in [3.63, 3.8) is 0 Å². The lowest BCUT2D eigenvalue weighted by atomic mass is 10.1. The number of amides is 1. The van der Waals surface area contributed by atoms with E-state index in [-0.39, 0.29) is 10.7 Å². The van der Waals surface area contributed by atoms with Gasteiger partial charge in [-0.2, -0.15) is 18.4 Å². The molecular formula is C19H18F3N3O2S. The minimum absolute atomic E-state index is 0.118. The van der Waals surface area contributed by atoms with Crippen LogP contribution in [-0.4, -0.2) is 22.7 Å². The Morgan fingerprint density at radius 2 is 2.00 bits per heavy atom. The van der Waals surface area contributed by atoms with Crippen molar-refractivity contribution in [3.8, 4) is 11.8 Å². The van der Waals surface area contributed by atoms with E-state index < -0.39 is 28.5 Å². The molecule has 0 fully saturated rings. The summed E-state index contributed by atoms with van der Waals surface area (Å²) in [5.41, 5.74) is -0.990. The number of alkyl halides is 3. The first-order valence-electron chi connectivity index (χ1n) is 8.35. The lowest BCUT2D eigenvalue weighted by Crippen LogP contribution is -2.23. The van der Waals surface area contributed by atoms with Crippen molar-refractivity contribution in [2.24, 2.45) is 0 Å². The molecular weight excluding hydrogens is 391 g/mol. The van der Waals surface area contributed by atoms with Gasteiger partial charge in [-0.15, -0.1) is 0 Å². The number of aryl methyl sites for hydroxylation is 1. The van der Waals surface area contributed by atoms with Crippen LogP contribution in [0.15, 0.2) is 35.4 Å². The van der Waals surface area contributed by atoms with Crippen LogP contribution >= 0.6 is 11.8 Å². The summed E-state index contributed by atoms with van der Waals surface area (Å²) in [6.45, 7) is 5.32. The number of nitrogens with zero attached hydrogens (tertiary/aromatic N) is 2. The van der Waals surface area contributed by atoms with E-state index in [4.69, 9.17) is 4.74 Å². The Hall–Kier alpha value is -2.73. The van der Waals surface area contributed by atoms with E-state index in [1.807, 2.05) is 6.92 Å². The SMILES string of the molecule is CCOc1ccc(NC(=O)[C@H](C)Sc2nc(C)cc(C(F)(F)F)c2C#N)cc1. The summed E-state index contributed by atoms with van der Waals surface area (Å²) in [5, 5.41) is 11.0. The molecule has 0 radical (unpaired) electrons. The number of pyridine rings is 1. The van der Waals surface area contributed by atoms with Crippen LogP contribution < -0.4 is 10.1 Å². The topological polar surface area (TPSA) is 75.0 Å². The first-order valence-corrected chi connectivity index (χ1v) is 9.23. The molecule has 0 saturated carbocycles. The molecule has 1 N–H and O–H groups in total. The molecule has 0 unspecified atom stereocenters. The molecule has 2 rings (SSSR count). The lowest BCUT2D eigenvalue weighted by Gasteiger charge is -2.16. The first-order chi connectivity index (χ1) is 13.2. The molecule has 0 spiro atoms. The summed E-state index contributed by atoms with van der Waals surface area (Å²) in [5.74, 6) is 0.236. The molecule has 5 nitrogen and oxygen atoms in total. The molecule has 148 valence electrons. The second-order valence-corrected chi connectivity index (χ2v) is 7.14. The number of hydrogen-bond acceptors (Lipinski definition) is 5. The Morgan fingerprint density at radius 3 is 2.54 bits per heavy atom. The van der Waals surface area contributed by atoms with Gasteiger partial charge in [0.05, 0.1) is 23.0 Å². The average molecular weight is 409 g/mol. The van der Waals surface area contributed by atoms with E-state index in [9.17, 15) is 23.2 Å². The van der Waals surface area contributed by atoms with Crippen LogP contribution in [0.2, 0.25) is 0 Å². The third kappa shape index (κ3) is 5.39. The van der Waals surface area contributed by atoms with Gasteiger partial charge in [0.1, 0.15) is 16.8 Å². The Bertz CT molecular complexity index is 893. The van der Waals surface area contributed by atoms with Crippen LogP contribution in [0.25, 0.3) is 0 Å². The zero-order chi connectivity index (χ0) is 20.9. The quantitative estimate of drug-likeness (QED) is 0.694. The van der Waals surface area contributed by atoms with Crippen molar-refractivity contribution in [1.82, 2.24) is 4.98 Å². The summed E-state index contributed by atoms with van der Waals surface area (Å²) in [4.78, 5) is 16.4. The maximum atomic E-state index is 13.2. The molecule has 0 aliphatic rings. The Balaban J connectivity index is 2.17. The second kappa shape index (κ2) is 8.97. The van der Waals surface area contributed by atoms with E-state index in [0.29, 0.717) is 18.0 Å². The highest BCUT2D eigenvalue weighted by Gasteiger charge is 2.36. The van der Waals surface area contributed by atoms with Gasteiger partial charge in [-0.1, -0.05) is 11.8 Å². The van der Waals surface area contributed by atoms with Crippen molar-refractivity contribution in [1.29, 1.82) is 5.26 Å². The number of hydrogen-bond donors (Lipinski definition) is 1. The molecule has 0 aliphatic heterocycles. The van der Waals surface area contributed by atoms with Gasteiger partial charge in [-0.3, -0.25) is 4.79 Å². The maximum Gasteiger partial charge on any atom is 0.417 e. The number of benzene rings is 1. The van der Waals surface area contributed by atoms with E-state index in [1.54, 1.807) is 30.3 Å². The van der Waals surface area contributed by atoms with E-state index >= 15 is 0 Å². The highest BCUT2D eigenvalue weighted by Crippen LogP contribution is 2.37. The lowest BCUT2D eigenvalue weighted by molar-refractivity contribution is -0.138. The Kier molecular flexibility index (Phi) is 6.91. The van der Waals surface area contributed by atoms with Gasteiger partial charge in [0.25, 0.3) is 0 Å². The summed E-state index contributed by atoms with van der Waals surface area (Å²) in [7, 11) is 0. The maximum absolute atomic E-state index is 13.2. The van der Waals surface area contributed by atoms with Gasteiger partial charge in [0.15, 0.2) is 0 Å². The predicted octanol–water partition coefficient (Wildman–Crippen LogP) is 4.80. The monoisotopic (exact) mass is 409 g/mol. The van der Waals surface area contributed by atoms with Crippen molar-refractivity contribution >= 4 is 23.4 Å². The number of nitrogens with one attached hydrogen (secondary N) is 1. The second-order valence-electron chi connectivity index (χ2n) is 5.81. The van der Waals surface area contributed by atoms with E-state index in [0.717, 1.165) is 17.8 Å². The summed E-state index contributed by atoms with van der Waals surface area (Å²) >= 11 is 0.808. The zero-order valence-corrected chi connectivity index (χ0v) is 16.2. The molecule has 1 atom stereocenters. The highest BCUT2D eigenvalue weighted by atomic mass is 32.2. The molecule has 1 heterocycles. The molecule has 1 amide bonds. The fourth-order valence-corrected chi connectivity index (χ4v) is 3.30. The van der Waals surface area contributed by atoms with Crippen molar-refractivity contribution in [2.75, 3.05) is 11.9 Å². The van der Waals surface area contributed by atoms with Gasteiger partial charge in [0, 0.05) is 11.4 Å². The molecule has 0 bridgehead atoms. The molecule has 1 aromatic heterocycles. The molecule has 28 heavy (non-hydrogen) atoms. The third-order valence-electron chi connectivity index (χ3n) is 3.62. The number of thioether (sulfide) groups is 1.